The number of carbonyl (C=O) groups is 1. The number of nitrogens with zero attached hydrogens (tertiary/aromatic N) is 4. The van der Waals surface area contributed by atoms with Crippen LogP contribution in [0.15, 0.2) is 54.6 Å². The molecule has 0 bridgehead atoms. The van der Waals surface area contributed by atoms with E-state index in [4.69, 9.17) is 9.84 Å². The van der Waals surface area contributed by atoms with Crippen LogP contribution in [0.2, 0.25) is 0 Å². The second-order valence-corrected chi connectivity index (χ2v) is 8.18. The molecule has 168 valence electrons. The van der Waals surface area contributed by atoms with Crippen molar-refractivity contribution in [3.05, 3.63) is 65.9 Å². The smallest absolute Gasteiger partial charge is 0.343 e. The lowest BCUT2D eigenvalue weighted by atomic mass is 9.93. The number of hydroxylamine groups is 2. The lowest BCUT2D eigenvalue weighted by Gasteiger charge is -2.32. The van der Waals surface area contributed by atoms with Crippen LogP contribution < -0.4 is 4.74 Å². The molecule has 0 aliphatic carbocycles. The Bertz CT molecular complexity index is 985. The minimum Gasteiger partial charge on any atom is -0.497 e. The number of urea groups is 1. The molecule has 1 fully saturated rings. The number of ether oxygens (including phenoxy) is 1. The zero-order valence-corrected chi connectivity index (χ0v) is 18.9. The third-order valence-electron chi connectivity index (χ3n) is 6.16. The molecule has 0 unspecified atom stereocenters. The number of hydrogen-bond acceptors (Lipinski definition) is 4. The number of piperidine rings is 1. The van der Waals surface area contributed by atoms with Gasteiger partial charge in [0.15, 0.2) is 0 Å². The molecular weight excluding hydrogens is 404 g/mol. The predicted octanol–water partition coefficient (Wildman–Crippen LogP) is 4.73. The van der Waals surface area contributed by atoms with Crippen LogP contribution in [0.1, 0.15) is 36.9 Å². The molecule has 1 N–H and O–H groups in total. The fraction of sp³-hybridized carbons (Fsp3) is 0.360. The predicted molar refractivity (Wildman–Crippen MR) is 123 cm³/mol. The van der Waals surface area contributed by atoms with E-state index >= 15 is 0 Å². The van der Waals surface area contributed by atoms with Crippen LogP contribution in [0.5, 0.6) is 5.75 Å². The van der Waals surface area contributed by atoms with Gasteiger partial charge in [0.2, 0.25) is 0 Å². The minimum absolute atomic E-state index is 0.260. The molecule has 1 aromatic heterocycles. The molecule has 0 spiro atoms. The SMILES string of the molecule is CCc1ccc(-c2cc(C3CCN(C(=O)N(C)O)CC3)nn2-c2ccc(OC)cc2)cc1. The molecule has 0 radical (unpaired) electrons. The fourth-order valence-corrected chi connectivity index (χ4v) is 4.21. The van der Waals surface area contributed by atoms with E-state index in [1.807, 2.05) is 28.9 Å². The summed E-state index contributed by atoms with van der Waals surface area (Å²) in [5, 5.41) is 15.1. The molecule has 1 aliphatic rings. The van der Waals surface area contributed by atoms with Crippen LogP contribution in [-0.4, -0.2) is 58.2 Å². The van der Waals surface area contributed by atoms with Crippen molar-refractivity contribution in [2.24, 2.45) is 0 Å². The summed E-state index contributed by atoms with van der Waals surface area (Å²) in [7, 11) is 3.02. The third kappa shape index (κ3) is 4.48. The molecule has 4 rings (SSSR count). The van der Waals surface area contributed by atoms with Gasteiger partial charge in [0.1, 0.15) is 5.75 Å². The lowest BCUT2D eigenvalue weighted by Crippen LogP contribution is -2.43. The Morgan fingerprint density at radius 1 is 1.12 bits per heavy atom. The van der Waals surface area contributed by atoms with Crippen LogP contribution in [0, 0.1) is 0 Å². The van der Waals surface area contributed by atoms with E-state index in [1.165, 1.54) is 12.6 Å². The lowest BCUT2D eigenvalue weighted by molar-refractivity contribution is -0.0356. The summed E-state index contributed by atoms with van der Waals surface area (Å²) < 4.78 is 7.30. The van der Waals surface area contributed by atoms with Gasteiger partial charge in [-0.15, -0.1) is 0 Å². The van der Waals surface area contributed by atoms with Crippen molar-refractivity contribution in [2.75, 3.05) is 27.2 Å². The number of methoxy groups -OCH3 is 1. The van der Waals surface area contributed by atoms with E-state index < -0.39 is 0 Å². The zero-order valence-electron chi connectivity index (χ0n) is 18.9. The van der Waals surface area contributed by atoms with E-state index in [2.05, 4.69) is 37.3 Å². The summed E-state index contributed by atoms with van der Waals surface area (Å²) in [6.45, 7) is 3.36. The summed E-state index contributed by atoms with van der Waals surface area (Å²) >= 11 is 0. The van der Waals surface area contributed by atoms with Gasteiger partial charge in [0.05, 0.1) is 24.2 Å². The standard InChI is InChI=1S/C25H30N4O3/c1-4-18-5-7-20(8-6-18)24-17-23(19-13-15-28(16-14-19)25(30)27(2)31)26-29(24)21-9-11-22(32-3)12-10-21/h5-12,17,19,31H,4,13-16H2,1-3H3. The molecule has 1 saturated heterocycles. The second-order valence-electron chi connectivity index (χ2n) is 8.18. The van der Waals surface area contributed by atoms with Crippen LogP contribution in [0.3, 0.4) is 0 Å². The monoisotopic (exact) mass is 434 g/mol. The molecular formula is C25H30N4O3. The summed E-state index contributed by atoms with van der Waals surface area (Å²) in [6.07, 6.45) is 2.63. The molecule has 7 heteroatoms. The van der Waals surface area contributed by atoms with Gasteiger partial charge in [-0.2, -0.15) is 5.10 Å². The van der Waals surface area contributed by atoms with Crippen molar-refractivity contribution in [1.82, 2.24) is 19.7 Å². The Morgan fingerprint density at radius 2 is 1.78 bits per heavy atom. The first kappa shape index (κ1) is 21.9. The highest BCUT2D eigenvalue weighted by Crippen LogP contribution is 2.33. The van der Waals surface area contributed by atoms with Gasteiger partial charge >= 0.3 is 6.03 Å². The summed E-state index contributed by atoms with van der Waals surface area (Å²) in [5.41, 5.74) is 5.46. The van der Waals surface area contributed by atoms with Gasteiger partial charge in [-0.05, 0) is 55.2 Å². The highest BCUT2D eigenvalue weighted by atomic mass is 16.5. The highest BCUT2D eigenvalue weighted by molar-refractivity contribution is 5.73. The van der Waals surface area contributed by atoms with E-state index in [0.29, 0.717) is 18.2 Å². The normalized spacial score (nSPS) is 14.4. The van der Waals surface area contributed by atoms with Crippen molar-refractivity contribution >= 4 is 6.03 Å². The quantitative estimate of drug-likeness (QED) is 0.466. The van der Waals surface area contributed by atoms with Gasteiger partial charge < -0.3 is 9.64 Å². The molecule has 0 atom stereocenters. The molecule has 2 heterocycles. The first-order chi connectivity index (χ1) is 15.5. The summed E-state index contributed by atoms with van der Waals surface area (Å²) in [5.74, 6) is 1.07. The maximum Gasteiger partial charge on any atom is 0.343 e. The van der Waals surface area contributed by atoms with Crippen molar-refractivity contribution in [2.45, 2.75) is 32.1 Å². The molecule has 32 heavy (non-hydrogen) atoms. The first-order valence-corrected chi connectivity index (χ1v) is 11.1. The molecule has 2 aromatic carbocycles. The Kier molecular flexibility index (Phi) is 6.46. The largest absolute Gasteiger partial charge is 0.497 e. The average molecular weight is 435 g/mol. The Morgan fingerprint density at radius 3 is 2.34 bits per heavy atom. The zero-order chi connectivity index (χ0) is 22.7. The maximum absolute atomic E-state index is 12.0. The van der Waals surface area contributed by atoms with E-state index in [-0.39, 0.29) is 11.9 Å². The number of carbonyl (C=O) groups excluding carboxylic acids is 1. The molecule has 1 aliphatic heterocycles. The van der Waals surface area contributed by atoms with Gasteiger partial charge in [0.25, 0.3) is 0 Å². The van der Waals surface area contributed by atoms with E-state index in [0.717, 1.165) is 47.7 Å². The van der Waals surface area contributed by atoms with Crippen LogP contribution in [0.25, 0.3) is 16.9 Å². The molecule has 2 amide bonds. The van der Waals surface area contributed by atoms with Crippen molar-refractivity contribution in [1.29, 1.82) is 0 Å². The third-order valence-corrected chi connectivity index (χ3v) is 6.16. The number of aryl methyl sites for hydroxylation is 1. The summed E-state index contributed by atoms with van der Waals surface area (Å²) in [4.78, 5) is 13.7. The van der Waals surface area contributed by atoms with Crippen molar-refractivity contribution in [3.63, 3.8) is 0 Å². The van der Waals surface area contributed by atoms with Gasteiger partial charge in [0, 0.05) is 31.6 Å². The first-order valence-electron chi connectivity index (χ1n) is 11.1. The van der Waals surface area contributed by atoms with Crippen molar-refractivity contribution < 1.29 is 14.7 Å². The Balaban J connectivity index is 1.65. The number of aromatic nitrogens is 2. The average Bonchev–Trinajstić information content (AvgIpc) is 3.29. The van der Waals surface area contributed by atoms with Gasteiger partial charge in [-0.25, -0.2) is 14.5 Å². The van der Waals surface area contributed by atoms with Gasteiger partial charge in [-0.1, -0.05) is 31.2 Å². The molecule has 7 nitrogen and oxygen atoms in total. The van der Waals surface area contributed by atoms with Crippen LogP contribution in [-0.2, 0) is 6.42 Å². The Hall–Kier alpha value is -3.32. The second kappa shape index (κ2) is 9.44. The number of rotatable bonds is 5. The fourth-order valence-electron chi connectivity index (χ4n) is 4.21. The molecule has 3 aromatic rings. The van der Waals surface area contributed by atoms with Crippen LogP contribution >= 0.6 is 0 Å². The number of benzene rings is 2. The summed E-state index contributed by atoms with van der Waals surface area (Å²) in [6, 6.07) is 18.3. The van der Waals surface area contributed by atoms with Gasteiger partial charge in [-0.3, -0.25) is 5.21 Å². The Labute approximate surface area is 188 Å². The van der Waals surface area contributed by atoms with E-state index in [9.17, 15) is 10.0 Å². The van der Waals surface area contributed by atoms with Crippen molar-refractivity contribution in [3.8, 4) is 22.7 Å². The highest BCUT2D eigenvalue weighted by Gasteiger charge is 2.27. The molecule has 0 saturated carbocycles. The van der Waals surface area contributed by atoms with Crippen LogP contribution in [0.4, 0.5) is 4.79 Å². The number of likely N-dealkylation sites (tertiary alicyclic amines) is 1. The maximum atomic E-state index is 12.0. The number of hydrogen-bond donors (Lipinski definition) is 1. The van der Waals surface area contributed by atoms with E-state index in [1.54, 1.807) is 12.0 Å². The topological polar surface area (TPSA) is 70.8 Å². The minimum atomic E-state index is -0.357. The number of amides is 2.